The van der Waals surface area contributed by atoms with Crippen molar-refractivity contribution in [2.75, 3.05) is 13.2 Å². The third-order valence-corrected chi connectivity index (χ3v) is 3.33. The molecule has 0 bridgehead atoms. The third-order valence-electron chi connectivity index (χ3n) is 3.33. The first kappa shape index (κ1) is 13.8. The van der Waals surface area contributed by atoms with Crippen LogP contribution in [0.25, 0.3) is 0 Å². The standard InChI is InChI=1S/C11H20F3NO/c1-4-15-8-7-9(10(8,2)3)16-6-5-11(12,13)14/h8-9,15H,4-7H2,1-3H3. The Balaban J connectivity index is 2.26. The van der Waals surface area contributed by atoms with Gasteiger partial charge in [-0.1, -0.05) is 20.8 Å². The zero-order valence-corrected chi connectivity index (χ0v) is 10.0. The summed E-state index contributed by atoms with van der Waals surface area (Å²) in [5, 5.41) is 3.31. The molecule has 1 aliphatic carbocycles. The van der Waals surface area contributed by atoms with Crippen LogP contribution in [0.3, 0.4) is 0 Å². The molecule has 0 amide bonds. The van der Waals surface area contributed by atoms with Crippen molar-refractivity contribution in [3.8, 4) is 0 Å². The Kier molecular flexibility index (Phi) is 4.23. The summed E-state index contributed by atoms with van der Waals surface area (Å²) in [6, 6.07) is 0.355. The SMILES string of the molecule is CCNC1CC(OCCC(F)(F)F)C1(C)C. The number of hydrogen-bond acceptors (Lipinski definition) is 2. The van der Waals surface area contributed by atoms with E-state index in [0.29, 0.717) is 6.04 Å². The van der Waals surface area contributed by atoms with E-state index < -0.39 is 12.6 Å². The summed E-state index contributed by atoms with van der Waals surface area (Å²) in [5.41, 5.74) is -0.0678. The molecule has 0 aromatic rings. The number of hydrogen-bond donors (Lipinski definition) is 1. The van der Waals surface area contributed by atoms with E-state index in [0.717, 1.165) is 13.0 Å². The average Bonchev–Trinajstić information content (AvgIpc) is 2.13. The topological polar surface area (TPSA) is 21.3 Å². The molecule has 1 aliphatic rings. The van der Waals surface area contributed by atoms with E-state index >= 15 is 0 Å². The third kappa shape index (κ3) is 3.35. The minimum atomic E-state index is -4.12. The van der Waals surface area contributed by atoms with Crippen molar-refractivity contribution >= 4 is 0 Å². The van der Waals surface area contributed by atoms with Gasteiger partial charge in [0.2, 0.25) is 0 Å². The fourth-order valence-electron chi connectivity index (χ4n) is 2.08. The Labute approximate surface area is 94.5 Å². The van der Waals surface area contributed by atoms with Crippen molar-refractivity contribution in [1.82, 2.24) is 5.32 Å². The van der Waals surface area contributed by atoms with Gasteiger partial charge in [0.25, 0.3) is 0 Å². The second-order valence-corrected chi connectivity index (χ2v) is 4.89. The van der Waals surface area contributed by atoms with Gasteiger partial charge in [-0.2, -0.15) is 13.2 Å². The van der Waals surface area contributed by atoms with Gasteiger partial charge >= 0.3 is 6.18 Å². The van der Waals surface area contributed by atoms with Crippen LogP contribution in [0.15, 0.2) is 0 Å². The molecule has 0 heterocycles. The maximum atomic E-state index is 11.9. The van der Waals surface area contributed by atoms with Crippen molar-refractivity contribution < 1.29 is 17.9 Å². The maximum Gasteiger partial charge on any atom is 0.391 e. The number of rotatable bonds is 5. The van der Waals surface area contributed by atoms with Gasteiger partial charge in [-0.3, -0.25) is 0 Å². The molecule has 0 aliphatic heterocycles. The van der Waals surface area contributed by atoms with Gasteiger partial charge in [-0.05, 0) is 13.0 Å². The molecule has 0 aromatic heterocycles. The molecule has 16 heavy (non-hydrogen) atoms. The first-order valence-electron chi connectivity index (χ1n) is 5.69. The first-order valence-corrected chi connectivity index (χ1v) is 5.69. The first-order chi connectivity index (χ1) is 7.27. The van der Waals surface area contributed by atoms with E-state index in [-0.39, 0.29) is 18.1 Å². The van der Waals surface area contributed by atoms with Crippen molar-refractivity contribution in [3.63, 3.8) is 0 Å². The van der Waals surface area contributed by atoms with Crippen LogP contribution in [0.1, 0.15) is 33.6 Å². The molecule has 0 aromatic carbocycles. The van der Waals surface area contributed by atoms with Gasteiger partial charge in [0.05, 0.1) is 19.1 Å². The highest BCUT2D eigenvalue weighted by atomic mass is 19.4. The molecule has 0 saturated heterocycles. The second kappa shape index (κ2) is 4.92. The Hall–Kier alpha value is -0.290. The molecule has 1 fully saturated rings. The quantitative estimate of drug-likeness (QED) is 0.796. The zero-order chi connectivity index (χ0) is 12.4. The number of alkyl halides is 3. The number of nitrogens with one attached hydrogen (secondary N) is 1. The lowest BCUT2D eigenvalue weighted by molar-refractivity contribution is -0.170. The monoisotopic (exact) mass is 239 g/mol. The molecular weight excluding hydrogens is 219 g/mol. The average molecular weight is 239 g/mol. The second-order valence-electron chi connectivity index (χ2n) is 4.89. The normalized spacial score (nSPS) is 28.9. The van der Waals surface area contributed by atoms with Gasteiger partial charge in [-0.25, -0.2) is 0 Å². The van der Waals surface area contributed by atoms with Crippen LogP contribution in [0.5, 0.6) is 0 Å². The van der Waals surface area contributed by atoms with E-state index in [2.05, 4.69) is 5.32 Å². The summed E-state index contributed by atoms with van der Waals surface area (Å²) in [6.45, 7) is 6.73. The van der Waals surface area contributed by atoms with Crippen molar-refractivity contribution in [2.24, 2.45) is 5.41 Å². The smallest absolute Gasteiger partial charge is 0.377 e. The van der Waals surface area contributed by atoms with Crippen LogP contribution in [0.4, 0.5) is 13.2 Å². The highest BCUT2D eigenvalue weighted by Gasteiger charge is 2.48. The Bertz CT molecular complexity index is 228. The fraction of sp³-hybridized carbons (Fsp3) is 1.00. The summed E-state index contributed by atoms with van der Waals surface area (Å²) in [4.78, 5) is 0. The van der Waals surface area contributed by atoms with E-state index in [9.17, 15) is 13.2 Å². The number of ether oxygens (including phenoxy) is 1. The minimum absolute atomic E-state index is 0.0566. The predicted molar refractivity (Wildman–Crippen MR) is 56.3 cm³/mol. The van der Waals surface area contributed by atoms with Crippen LogP contribution in [0.2, 0.25) is 0 Å². The maximum absolute atomic E-state index is 11.9. The van der Waals surface area contributed by atoms with Crippen molar-refractivity contribution in [1.29, 1.82) is 0 Å². The van der Waals surface area contributed by atoms with Crippen LogP contribution in [-0.4, -0.2) is 31.5 Å². The Morgan fingerprint density at radius 2 is 2.00 bits per heavy atom. The molecule has 2 unspecified atom stereocenters. The summed E-state index contributed by atoms with van der Waals surface area (Å²) >= 11 is 0. The van der Waals surface area contributed by atoms with Gasteiger partial charge in [0.1, 0.15) is 0 Å². The summed E-state index contributed by atoms with van der Waals surface area (Å²) < 4.78 is 41.1. The number of halogens is 3. The summed E-state index contributed by atoms with van der Waals surface area (Å²) in [6.07, 6.45) is -4.22. The van der Waals surface area contributed by atoms with Crippen LogP contribution in [-0.2, 0) is 4.74 Å². The molecule has 0 spiro atoms. The highest BCUT2D eigenvalue weighted by Crippen LogP contribution is 2.42. The largest absolute Gasteiger partial charge is 0.391 e. The van der Waals surface area contributed by atoms with Crippen molar-refractivity contribution in [3.05, 3.63) is 0 Å². The van der Waals surface area contributed by atoms with E-state index in [1.807, 2.05) is 20.8 Å². The van der Waals surface area contributed by atoms with Gasteiger partial charge < -0.3 is 10.1 Å². The van der Waals surface area contributed by atoms with Gasteiger partial charge in [0, 0.05) is 11.5 Å². The Morgan fingerprint density at radius 3 is 2.44 bits per heavy atom. The van der Waals surface area contributed by atoms with E-state index in [1.54, 1.807) is 0 Å². The summed E-state index contributed by atoms with van der Waals surface area (Å²) in [5.74, 6) is 0. The molecule has 2 atom stereocenters. The molecular formula is C11H20F3NO. The molecule has 1 rings (SSSR count). The van der Waals surface area contributed by atoms with E-state index in [4.69, 9.17) is 4.74 Å². The van der Waals surface area contributed by atoms with Crippen LogP contribution < -0.4 is 5.32 Å². The molecule has 2 nitrogen and oxygen atoms in total. The fourth-order valence-corrected chi connectivity index (χ4v) is 2.08. The van der Waals surface area contributed by atoms with Crippen LogP contribution >= 0.6 is 0 Å². The van der Waals surface area contributed by atoms with Crippen LogP contribution in [0, 0.1) is 5.41 Å². The lowest BCUT2D eigenvalue weighted by atomic mass is 9.64. The molecule has 1 saturated carbocycles. The minimum Gasteiger partial charge on any atom is -0.377 e. The predicted octanol–water partition coefficient (Wildman–Crippen LogP) is 2.73. The Morgan fingerprint density at radius 1 is 1.38 bits per heavy atom. The van der Waals surface area contributed by atoms with Crippen molar-refractivity contribution in [2.45, 2.75) is 51.9 Å². The molecule has 1 N–H and O–H groups in total. The molecule has 0 radical (unpaired) electrons. The van der Waals surface area contributed by atoms with Gasteiger partial charge in [-0.15, -0.1) is 0 Å². The summed E-state index contributed by atoms with van der Waals surface area (Å²) in [7, 11) is 0. The van der Waals surface area contributed by atoms with E-state index in [1.165, 1.54) is 0 Å². The van der Waals surface area contributed by atoms with Gasteiger partial charge in [0.15, 0.2) is 0 Å². The zero-order valence-electron chi connectivity index (χ0n) is 10.0. The molecule has 5 heteroatoms. The lowest BCUT2D eigenvalue weighted by Crippen LogP contribution is -2.60. The highest BCUT2D eigenvalue weighted by molar-refractivity contribution is 5.02. The lowest BCUT2D eigenvalue weighted by Gasteiger charge is -2.52. The molecule has 96 valence electrons.